The number of amides is 1. The number of aliphatic hydroxyl groups is 1. The zero-order valence-corrected chi connectivity index (χ0v) is 11.8. The van der Waals surface area contributed by atoms with Crippen molar-refractivity contribution in [1.29, 1.82) is 0 Å². The molecule has 0 radical (unpaired) electrons. The minimum Gasteiger partial charge on any atom is -0.467 e. The van der Waals surface area contributed by atoms with Gasteiger partial charge in [0.15, 0.2) is 6.04 Å². The lowest BCUT2D eigenvalue weighted by Crippen LogP contribution is -2.44. The van der Waals surface area contributed by atoms with E-state index >= 15 is 0 Å². The highest BCUT2D eigenvalue weighted by atomic mass is 127. The fraction of sp³-hybridized carbons (Fsp3) is 0.778. The van der Waals surface area contributed by atoms with Crippen LogP contribution in [0.3, 0.4) is 0 Å². The predicted octanol–water partition coefficient (Wildman–Crippen LogP) is 1.11. The second-order valence-electron chi connectivity index (χ2n) is 4.01. The van der Waals surface area contributed by atoms with E-state index in [2.05, 4.69) is 4.74 Å². The van der Waals surface area contributed by atoms with E-state index in [0.717, 1.165) is 3.11 Å². The lowest BCUT2D eigenvalue weighted by molar-refractivity contribution is -0.145. The number of hydrogen-bond donors (Lipinski definition) is 1. The molecule has 0 aromatic rings. The largest absolute Gasteiger partial charge is 0.467 e. The highest BCUT2D eigenvalue weighted by molar-refractivity contribution is 14.1. The summed E-state index contributed by atoms with van der Waals surface area (Å²) < 4.78 is 10.5. The van der Waals surface area contributed by atoms with Crippen LogP contribution in [-0.2, 0) is 14.3 Å². The van der Waals surface area contributed by atoms with Crippen LogP contribution in [0.1, 0.15) is 20.8 Å². The van der Waals surface area contributed by atoms with Gasteiger partial charge in [-0.1, -0.05) is 0 Å². The minimum atomic E-state index is -1.06. The smallest absolute Gasteiger partial charge is 0.420 e. The van der Waals surface area contributed by atoms with Crippen LogP contribution in [0.5, 0.6) is 0 Å². The molecular weight excluding hydrogens is 329 g/mol. The van der Waals surface area contributed by atoms with E-state index in [9.17, 15) is 9.59 Å². The SMILES string of the molecule is COC(=O)[C@H](CO)N(I)C(=O)OC(C)(C)C. The molecule has 0 aliphatic carbocycles. The van der Waals surface area contributed by atoms with E-state index in [-0.39, 0.29) is 0 Å². The molecule has 7 heteroatoms. The summed E-state index contributed by atoms with van der Waals surface area (Å²) in [5.74, 6) is -0.692. The quantitative estimate of drug-likeness (QED) is 0.471. The van der Waals surface area contributed by atoms with Gasteiger partial charge in [-0.3, -0.25) is 0 Å². The summed E-state index contributed by atoms with van der Waals surface area (Å²) >= 11 is 1.61. The first-order valence-electron chi connectivity index (χ1n) is 4.59. The monoisotopic (exact) mass is 345 g/mol. The maximum atomic E-state index is 11.6. The average molecular weight is 345 g/mol. The molecule has 0 aliphatic heterocycles. The van der Waals surface area contributed by atoms with Gasteiger partial charge < -0.3 is 14.6 Å². The third-order valence-corrected chi connectivity index (χ3v) is 2.55. The molecule has 1 N–H and O–H groups in total. The van der Waals surface area contributed by atoms with Crippen molar-refractivity contribution in [2.75, 3.05) is 13.7 Å². The molecule has 6 nitrogen and oxygen atoms in total. The molecule has 0 rings (SSSR count). The van der Waals surface area contributed by atoms with Crippen molar-refractivity contribution in [3.05, 3.63) is 0 Å². The van der Waals surface area contributed by atoms with E-state index in [4.69, 9.17) is 9.84 Å². The Bertz CT molecular complexity index is 263. The van der Waals surface area contributed by atoms with Gasteiger partial charge in [0, 0.05) is 0 Å². The van der Waals surface area contributed by atoms with Crippen LogP contribution >= 0.6 is 22.9 Å². The van der Waals surface area contributed by atoms with E-state index < -0.39 is 30.3 Å². The Morgan fingerprint density at radius 3 is 2.25 bits per heavy atom. The molecule has 0 unspecified atom stereocenters. The number of esters is 1. The third-order valence-electron chi connectivity index (χ3n) is 1.49. The lowest BCUT2D eigenvalue weighted by atomic mass is 10.2. The number of aliphatic hydroxyl groups excluding tert-OH is 1. The Labute approximate surface area is 108 Å². The minimum absolute atomic E-state index is 0.519. The molecule has 0 fully saturated rings. The molecule has 0 saturated carbocycles. The van der Waals surface area contributed by atoms with Crippen molar-refractivity contribution < 1.29 is 24.2 Å². The second-order valence-corrected chi connectivity index (χ2v) is 5.05. The molecule has 94 valence electrons. The molecule has 0 aromatic heterocycles. The van der Waals surface area contributed by atoms with Gasteiger partial charge in [-0.25, -0.2) is 12.7 Å². The van der Waals surface area contributed by atoms with Gasteiger partial charge in [0.05, 0.1) is 36.6 Å². The maximum absolute atomic E-state index is 11.6. The molecule has 0 aliphatic rings. The second kappa shape index (κ2) is 6.24. The van der Waals surface area contributed by atoms with Gasteiger partial charge in [0.1, 0.15) is 5.60 Å². The van der Waals surface area contributed by atoms with Crippen molar-refractivity contribution in [1.82, 2.24) is 3.11 Å². The van der Waals surface area contributed by atoms with Crippen LogP contribution in [0, 0.1) is 0 Å². The Morgan fingerprint density at radius 2 is 1.94 bits per heavy atom. The fourth-order valence-corrected chi connectivity index (χ4v) is 1.31. The molecule has 0 heterocycles. The highest BCUT2D eigenvalue weighted by Crippen LogP contribution is 2.16. The van der Waals surface area contributed by atoms with Gasteiger partial charge in [-0.15, -0.1) is 0 Å². The van der Waals surface area contributed by atoms with Gasteiger partial charge in [-0.2, -0.15) is 0 Å². The number of hydrogen-bond acceptors (Lipinski definition) is 5. The van der Waals surface area contributed by atoms with Crippen molar-refractivity contribution >= 4 is 34.9 Å². The van der Waals surface area contributed by atoms with Crippen LogP contribution in [-0.4, -0.2) is 45.6 Å². The molecule has 0 spiro atoms. The van der Waals surface area contributed by atoms with Gasteiger partial charge in [0.25, 0.3) is 0 Å². The molecule has 16 heavy (non-hydrogen) atoms. The number of ether oxygens (including phenoxy) is 2. The van der Waals surface area contributed by atoms with Crippen molar-refractivity contribution in [3.63, 3.8) is 0 Å². The standard InChI is InChI=1S/C9H16INO5/c1-9(2,3)16-8(14)11(10)6(5-12)7(13)15-4/h6,12H,5H2,1-4H3/t6-/m0/s1. The highest BCUT2D eigenvalue weighted by Gasteiger charge is 2.31. The zero-order valence-electron chi connectivity index (χ0n) is 9.69. The predicted molar refractivity (Wildman–Crippen MR) is 65.0 cm³/mol. The number of nitrogens with zero attached hydrogens (tertiary/aromatic N) is 1. The summed E-state index contributed by atoms with van der Waals surface area (Å²) in [5.41, 5.74) is -0.656. The third kappa shape index (κ3) is 4.97. The number of halogens is 1. The molecule has 0 aromatic carbocycles. The lowest BCUT2D eigenvalue weighted by Gasteiger charge is -2.26. The summed E-state index contributed by atoms with van der Waals surface area (Å²) in [7, 11) is 1.19. The van der Waals surface area contributed by atoms with E-state index in [1.807, 2.05) is 0 Å². The van der Waals surface area contributed by atoms with Crippen LogP contribution in [0.4, 0.5) is 4.79 Å². The van der Waals surface area contributed by atoms with Crippen LogP contribution < -0.4 is 0 Å². The normalized spacial score (nSPS) is 12.9. The number of rotatable bonds is 3. The Morgan fingerprint density at radius 1 is 1.44 bits per heavy atom. The van der Waals surface area contributed by atoms with Crippen LogP contribution in [0.15, 0.2) is 0 Å². The first-order valence-corrected chi connectivity index (χ1v) is 5.56. The van der Waals surface area contributed by atoms with E-state index in [1.165, 1.54) is 7.11 Å². The van der Waals surface area contributed by atoms with E-state index in [1.54, 1.807) is 43.6 Å². The molecule has 0 bridgehead atoms. The molecular formula is C9H16INO5. The first-order chi connectivity index (χ1) is 7.22. The van der Waals surface area contributed by atoms with Crippen LogP contribution in [0.2, 0.25) is 0 Å². The summed E-state index contributed by atoms with van der Waals surface area (Å²) in [5, 5.41) is 8.99. The summed E-state index contributed by atoms with van der Waals surface area (Å²) in [6.45, 7) is 4.61. The Balaban J connectivity index is 4.57. The van der Waals surface area contributed by atoms with Crippen LogP contribution in [0.25, 0.3) is 0 Å². The van der Waals surface area contributed by atoms with Gasteiger partial charge >= 0.3 is 12.1 Å². The van der Waals surface area contributed by atoms with Crippen molar-refractivity contribution in [2.24, 2.45) is 0 Å². The number of carbonyl (C=O) groups excluding carboxylic acids is 2. The van der Waals surface area contributed by atoms with Crippen molar-refractivity contribution in [3.8, 4) is 0 Å². The topological polar surface area (TPSA) is 76.1 Å². The fourth-order valence-electron chi connectivity index (χ4n) is 0.808. The number of carbonyl (C=O) groups is 2. The zero-order chi connectivity index (χ0) is 12.9. The Hall–Kier alpha value is -0.570. The molecule has 0 saturated heterocycles. The maximum Gasteiger partial charge on any atom is 0.420 e. The van der Waals surface area contributed by atoms with Gasteiger partial charge in [-0.05, 0) is 20.8 Å². The molecule has 1 amide bonds. The summed E-state index contributed by atoms with van der Waals surface area (Å²) in [6.07, 6.45) is -0.697. The van der Waals surface area contributed by atoms with Crippen molar-refractivity contribution in [2.45, 2.75) is 32.4 Å². The summed E-state index contributed by atoms with van der Waals surface area (Å²) in [4.78, 5) is 22.8. The average Bonchev–Trinajstić information content (AvgIpc) is 2.15. The molecule has 1 atom stereocenters. The first kappa shape index (κ1) is 15.4. The number of methoxy groups -OCH3 is 1. The van der Waals surface area contributed by atoms with E-state index in [0.29, 0.717) is 0 Å². The summed E-state index contributed by atoms with van der Waals surface area (Å²) in [6, 6.07) is -1.06. The Kier molecular flexibility index (Phi) is 6.01. The van der Waals surface area contributed by atoms with Gasteiger partial charge in [0.2, 0.25) is 0 Å².